The molecule has 1 aliphatic rings. The van der Waals surface area contributed by atoms with Crippen LogP contribution >= 0.6 is 0 Å². The Balaban J connectivity index is 1.64. The molecular formula is C11H19N5. The zero-order chi connectivity index (χ0) is 11.2. The maximum atomic E-state index is 5.54. The minimum Gasteiger partial charge on any atom is -0.382 e. The van der Waals surface area contributed by atoms with Gasteiger partial charge in [-0.1, -0.05) is 0 Å². The maximum absolute atomic E-state index is 5.54. The lowest BCUT2D eigenvalue weighted by Gasteiger charge is -2.14. The first-order chi connectivity index (χ1) is 7.84. The van der Waals surface area contributed by atoms with Crippen molar-refractivity contribution in [3.05, 3.63) is 12.4 Å². The number of hydrogen-bond acceptors (Lipinski definition) is 5. The predicted molar refractivity (Wildman–Crippen MR) is 65.2 cm³/mol. The Bertz CT molecular complexity index is 322. The van der Waals surface area contributed by atoms with Gasteiger partial charge in [-0.15, -0.1) is 0 Å². The summed E-state index contributed by atoms with van der Waals surface area (Å²) >= 11 is 0. The van der Waals surface area contributed by atoms with Crippen molar-refractivity contribution >= 4 is 11.6 Å². The molecule has 5 nitrogen and oxygen atoms in total. The third-order valence-corrected chi connectivity index (χ3v) is 2.81. The topological polar surface area (TPSA) is 67.1 Å². The third-order valence-electron chi connectivity index (χ3n) is 2.81. The number of likely N-dealkylation sites (tertiary alicyclic amines) is 1. The van der Waals surface area contributed by atoms with E-state index in [9.17, 15) is 0 Å². The lowest BCUT2D eigenvalue weighted by Crippen LogP contribution is -2.22. The van der Waals surface area contributed by atoms with Gasteiger partial charge in [0.2, 0.25) is 0 Å². The van der Waals surface area contributed by atoms with Crippen LogP contribution in [0.3, 0.4) is 0 Å². The molecule has 0 aromatic carbocycles. The molecule has 3 N–H and O–H groups in total. The minimum absolute atomic E-state index is 0.463. The number of aromatic nitrogens is 2. The lowest BCUT2D eigenvalue weighted by molar-refractivity contribution is 0.337. The first-order valence-corrected chi connectivity index (χ1v) is 5.88. The molecule has 0 spiro atoms. The van der Waals surface area contributed by atoms with E-state index in [-0.39, 0.29) is 0 Å². The molecule has 0 bridgehead atoms. The number of nitrogen functional groups attached to an aromatic ring is 1. The van der Waals surface area contributed by atoms with E-state index in [1.807, 2.05) is 0 Å². The van der Waals surface area contributed by atoms with Crippen molar-refractivity contribution in [2.75, 3.05) is 37.2 Å². The molecule has 2 heterocycles. The highest BCUT2D eigenvalue weighted by molar-refractivity contribution is 5.38. The normalized spacial score (nSPS) is 16.5. The molecule has 1 aromatic rings. The SMILES string of the molecule is Nc1cncc(NCCCN2CCCC2)n1. The summed E-state index contributed by atoms with van der Waals surface area (Å²) in [5.41, 5.74) is 5.54. The number of anilines is 2. The summed E-state index contributed by atoms with van der Waals surface area (Å²) in [6, 6.07) is 0. The fourth-order valence-corrected chi connectivity index (χ4v) is 1.99. The molecule has 1 aromatic heterocycles. The van der Waals surface area contributed by atoms with E-state index in [1.165, 1.54) is 32.5 Å². The fraction of sp³-hybridized carbons (Fsp3) is 0.636. The van der Waals surface area contributed by atoms with Crippen molar-refractivity contribution in [1.29, 1.82) is 0 Å². The Morgan fingerprint density at radius 2 is 2.12 bits per heavy atom. The molecule has 1 aliphatic heterocycles. The van der Waals surface area contributed by atoms with Crippen LogP contribution in [0.4, 0.5) is 11.6 Å². The van der Waals surface area contributed by atoms with Gasteiger partial charge in [-0.3, -0.25) is 4.98 Å². The monoisotopic (exact) mass is 221 g/mol. The van der Waals surface area contributed by atoms with E-state index in [0.717, 1.165) is 18.8 Å². The van der Waals surface area contributed by atoms with Crippen molar-refractivity contribution in [2.45, 2.75) is 19.3 Å². The maximum Gasteiger partial charge on any atom is 0.146 e. The van der Waals surface area contributed by atoms with E-state index >= 15 is 0 Å². The summed E-state index contributed by atoms with van der Waals surface area (Å²) in [5.74, 6) is 1.23. The molecular weight excluding hydrogens is 202 g/mol. The van der Waals surface area contributed by atoms with Gasteiger partial charge < -0.3 is 16.0 Å². The van der Waals surface area contributed by atoms with Crippen LogP contribution in [0.2, 0.25) is 0 Å². The summed E-state index contributed by atoms with van der Waals surface area (Å²) < 4.78 is 0. The number of nitrogens with one attached hydrogen (secondary N) is 1. The molecule has 1 saturated heterocycles. The highest BCUT2D eigenvalue weighted by Crippen LogP contribution is 2.08. The van der Waals surface area contributed by atoms with E-state index in [1.54, 1.807) is 12.4 Å². The highest BCUT2D eigenvalue weighted by atomic mass is 15.1. The Morgan fingerprint density at radius 1 is 1.31 bits per heavy atom. The van der Waals surface area contributed by atoms with Gasteiger partial charge in [0.25, 0.3) is 0 Å². The highest BCUT2D eigenvalue weighted by Gasteiger charge is 2.09. The number of nitrogens with two attached hydrogens (primary N) is 1. The molecule has 0 aliphatic carbocycles. The van der Waals surface area contributed by atoms with Gasteiger partial charge in [-0.05, 0) is 38.9 Å². The largest absolute Gasteiger partial charge is 0.382 e. The van der Waals surface area contributed by atoms with Gasteiger partial charge in [-0.2, -0.15) is 0 Å². The van der Waals surface area contributed by atoms with Gasteiger partial charge in [0.1, 0.15) is 11.6 Å². The molecule has 0 unspecified atom stereocenters. The standard InChI is InChI=1S/C11H19N5/c12-10-8-13-9-11(15-10)14-4-3-7-16-5-1-2-6-16/h8-9H,1-7H2,(H3,12,14,15). The van der Waals surface area contributed by atoms with Crippen LogP contribution in [-0.2, 0) is 0 Å². The van der Waals surface area contributed by atoms with E-state index in [0.29, 0.717) is 5.82 Å². The van der Waals surface area contributed by atoms with E-state index in [2.05, 4.69) is 20.2 Å². The van der Waals surface area contributed by atoms with Gasteiger partial charge >= 0.3 is 0 Å². The molecule has 5 heteroatoms. The Morgan fingerprint density at radius 3 is 2.88 bits per heavy atom. The van der Waals surface area contributed by atoms with Crippen LogP contribution in [-0.4, -0.2) is 41.0 Å². The number of hydrogen-bond donors (Lipinski definition) is 2. The van der Waals surface area contributed by atoms with Crippen molar-refractivity contribution < 1.29 is 0 Å². The van der Waals surface area contributed by atoms with Gasteiger partial charge in [-0.25, -0.2) is 4.98 Å². The summed E-state index contributed by atoms with van der Waals surface area (Å²) in [4.78, 5) is 10.6. The summed E-state index contributed by atoms with van der Waals surface area (Å²) in [6.45, 7) is 4.62. The van der Waals surface area contributed by atoms with Crippen LogP contribution in [0.15, 0.2) is 12.4 Å². The molecule has 1 fully saturated rings. The first-order valence-electron chi connectivity index (χ1n) is 5.88. The van der Waals surface area contributed by atoms with Crippen molar-refractivity contribution in [3.8, 4) is 0 Å². The van der Waals surface area contributed by atoms with Gasteiger partial charge in [0.05, 0.1) is 12.4 Å². The second-order valence-corrected chi connectivity index (χ2v) is 4.16. The Kier molecular flexibility index (Phi) is 3.93. The van der Waals surface area contributed by atoms with Crippen molar-refractivity contribution in [1.82, 2.24) is 14.9 Å². The van der Waals surface area contributed by atoms with Crippen molar-refractivity contribution in [2.24, 2.45) is 0 Å². The fourth-order valence-electron chi connectivity index (χ4n) is 1.99. The van der Waals surface area contributed by atoms with E-state index in [4.69, 9.17) is 5.73 Å². The lowest BCUT2D eigenvalue weighted by atomic mass is 10.4. The summed E-state index contributed by atoms with van der Waals surface area (Å²) in [7, 11) is 0. The molecule has 88 valence electrons. The third kappa shape index (κ3) is 3.34. The van der Waals surface area contributed by atoms with Crippen LogP contribution in [0.25, 0.3) is 0 Å². The molecule has 0 saturated carbocycles. The van der Waals surface area contributed by atoms with Crippen LogP contribution < -0.4 is 11.1 Å². The zero-order valence-electron chi connectivity index (χ0n) is 9.52. The zero-order valence-corrected chi connectivity index (χ0v) is 9.52. The minimum atomic E-state index is 0.463. The average molecular weight is 221 g/mol. The molecule has 16 heavy (non-hydrogen) atoms. The quantitative estimate of drug-likeness (QED) is 0.725. The Labute approximate surface area is 96.1 Å². The number of nitrogens with zero attached hydrogens (tertiary/aromatic N) is 3. The van der Waals surface area contributed by atoms with Crippen LogP contribution in [0, 0.1) is 0 Å². The molecule has 0 atom stereocenters. The average Bonchev–Trinajstić information content (AvgIpc) is 2.77. The second kappa shape index (κ2) is 5.65. The number of rotatable bonds is 5. The van der Waals surface area contributed by atoms with Crippen LogP contribution in [0.5, 0.6) is 0 Å². The van der Waals surface area contributed by atoms with Crippen molar-refractivity contribution in [3.63, 3.8) is 0 Å². The van der Waals surface area contributed by atoms with Crippen LogP contribution in [0.1, 0.15) is 19.3 Å². The van der Waals surface area contributed by atoms with Gasteiger partial charge in [0.15, 0.2) is 0 Å². The second-order valence-electron chi connectivity index (χ2n) is 4.16. The Hall–Kier alpha value is -1.36. The summed E-state index contributed by atoms with van der Waals surface area (Å²) in [6.07, 6.45) is 7.10. The summed E-state index contributed by atoms with van der Waals surface area (Å²) in [5, 5.41) is 3.23. The first kappa shape index (κ1) is 11.1. The predicted octanol–water partition coefficient (Wildman–Crippen LogP) is 0.957. The smallest absolute Gasteiger partial charge is 0.146 e. The van der Waals surface area contributed by atoms with Gasteiger partial charge in [0, 0.05) is 6.54 Å². The molecule has 0 radical (unpaired) electrons. The van der Waals surface area contributed by atoms with E-state index < -0.39 is 0 Å². The molecule has 0 amide bonds. The molecule has 2 rings (SSSR count).